The molecule has 7 nitrogen and oxygen atoms in total. The smallest absolute Gasteiger partial charge is 0.325 e. The molecular formula is C19H20FN5O2. The maximum Gasteiger partial charge on any atom is 0.355 e. The van der Waals surface area contributed by atoms with Crippen LogP contribution in [0.15, 0.2) is 52.2 Å². The van der Waals surface area contributed by atoms with E-state index in [1.54, 1.807) is 32.2 Å². The van der Waals surface area contributed by atoms with Crippen LogP contribution in [0.5, 0.6) is 0 Å². The van der Waals surface area contributed by atoms with E-state index in [0.29, 0.717) is 11.4 Å². The number of hydrogen-bond acceptors (Lipinski definition) is 5. The summed E-state index contributed by atoms with van der Waals surface area (Å²) in [7, 11) is 0. The van der Waals surface area contributed by atoms with E-state index in [-0.39, 0.29) is 18.5 Å². The zero-order valence-electron chi connectivity index (χ0n) is 15.3. The molecule has 2 aromatic heterocycles. The van der Waals surface area contributed by atoms with Crippen LogP contribution in [0.25, 0.3) is 0 Å². The molecule has 3 rings (SSSR count). The van der Waals surface area contributed by atoms with Crippen LogP contribution in [0, 0.1) is 12.7 Å². The largest absolute Gasteiger partial charge is 0.355 e. The molecular weight excluding hydrogens is 349 g/mol. The molecule has 0 saturated carbocycles. The van der Waals surface area contributed by atoms with Crippen LogP contribution in [0.4, 0.5) is 16.0 Å². The van der Waals surface area contributed by atoms with Gasteiger partial charge >= 0.3 is 11.4 Å². The molecule has 0 amide bonds. The number of anilines is 2. The minimum Gasteiger partial charge on any atom is -0.325 e. The number of hydrogen-bond donors (Lipinski definition) is 1. The number of nitrogens with one attached hydrogen (secondary N) is 1. The summed E-state index contributed by atoms with van der Waals surface area (Å²) in [4.78, 5) is 33.6. The lowest BCUT2D eigenvalue weighted by Gasteiger charge is -2.17. The third-order valence-electron chi connectivity index (χ3n) is 3.99. The Morgan fingerprint density at radius 1 is 1.19 bits per heavy atom. The van der Waals surface area contributed by atoms with E-state index >= 15 is 0 Å². The maximum absolute atomic E-state index is 13.5. The number of rotatable bonds is 5. The predicted octanol–water partition coefficient (Wildman–Crippen LogP) is 2.62. The monoisotopic (exact) mass is 369 g/mol. The van der Waals surface area contributed by atoms with E-state index in [4.69, 9.17) is 0 Å². The van der Waals surface area contributed by atoms with Crippen LogP contribution in [0.3, 0.4) is 0 Å². The fraction of sp³-hybridized carbons (Fsp3) is 0.263. The molecule has 140 valence electrons. The minimum absolute atomic E-state index is 0.0369. The highest BCUT2D eigenvalue weighted by Gasteiger charge is 2.16. The highest BCUT2D eigenvalue weighted by Crippen LogP contribution is 2.15. The molecule has 0 aliphatic rings. The van der Waals surface area contributed by atoms with Gasteiger partial charge in [-0.25, -0.2) is 18.5 Å². The molecule has 0 atom stereocenters. The molecule has 0 spiro atoms. The lowest BCUT2D eigenvalue weighted by Crippen LogP contribution is -2.43. The molecule has 0 fully saturated rings. The summed E-state index contributed by atoms with van der Waals surface area (Å²) in [6.45, 7) is 5.51. The first-order chi connectivity index (χ1) is 12.8. The summed E-state index contributed by atoms with van der Waals surface area (Å²) in [6.07, 6.45) is 1.70. The molecule has 1 N–H and O–H groups in total. The normalized spacial score (nSPS) is 11.0. The Morgan fingerprint density at radius 3 is 2.59 bits per heavy atom. The van der Waals surface area contributed by atoms with Crippen molar-refractivity contribution >= 4 is 11.6 Å². The Kier molecular flexibility index (Phi) is 5.16. The molecule has 0 aliphatic carbocycles. The van der Waals surface area contributed by atoms with Crippen molar-refractivity contribution in [3.8, 4) is 0 Å². The molecule has 0 aliphatic heterocycles. The number of pyridine rings is 1. The first kappa shape index (κ1) is 18.5. The minimum atomic E-state index is -0.665. The Labute approximate surface area is 155 Å². The van der Waals surface area contributed by atoms with Gasteiger partial charge in [0.05, 0.1) is 12.2 Å². The Balaban J connectivity index is 2.11. The van der Waals surface area contributed by atoms with Crippen LogP contribution in [-0.2, 0) is 6.54 Å². The summed E-state index contributed by atoms with van der Waals surface area (Å²) in [5.74, 6) is -0.403. The van der Waals surface area contributed by atoms with E-state index in [0.717, 1.165) is 10.1 Å². The fourth-order valence-electron chi connectivity index (χ4n) is 2.64. The van der Waals surface area contributed by atoms with Crippen molar-refractivity contribution in [3.05, 3.63) is 80.6 Å². The Morgan fingerprint density at radius 2 is 1.96 bits per heavy atom. The van der Waals surface area contributed by atoms with Gasteiger partial charge in [0.2, 0.25) is 5.95 Å². The molecule has 2 heterocycles. The van der Waals surface area contributed by atoms with E-state index in [1.165, 1.54) is 22.8 Å². The van der Waals surface area contributed by atoms with Gasteiger partial charge in [-0.3, -0.25) is 9.55 Å². The summed E-state index contributed by atoms with van der Waals surface area (Å²) < 4.78 is 15.9. The van der Waals surface area contributed by atoms with Gasteiger partial charge in [0.25, 0.3) is 0 Å². The number of halogens is 1. The topological polar surface area (TPSA) is 81.8 Å². The third-order valence-corrected chi connectivity index (χ3v) is 3.99. The molecule has 0 bridgehead atoms. The average Bonchev–Trinajstić information content (AvgIpc) is 2.59. The lowest BCUT2D eigenvalue weighted by atomic mass is 10.3. The second kappa shape index (κ2) is 7.53. The van der Waals surface area contributed by atoms with Gasteiger partial charge in [-0.1, -0.05) is 12.1 Å². The lowest BCUT2D eigenvalue weighted by molar-refractivity contribution is 0.495. The Bertz CT molecular complexity index is 1070. The van der Waals surface area contributed by atoms with Crippen molar-refractivity contribution in [2.75, 3.05) is 5.32 Å². The number of benzene rings is 1. The molecule has 0 unspecified atom stereocenters. The number of aromatic nitrogens is 4. The summed E-state index contributed by atoms with van der Waals surface area (Å²) >= 11 is 0. The standard InChI is InChI=1S/C19H20FN5O2/c1-12(2)25-18(26)23-17(22-15-6-4-5-14(20)9-15)24(19(25)27)11-16-8-7-13(3)10-21-16/h4-10,12H,11H2,1-3H3,(H,22,23,26). The summed E-state index contributed by atoms with van der Waals surface area (Å²) in [5.41, 5.74) is 0.845. The Hall–Kier alpha value is -3.29. The van der Waals surface area contributed by atoms with Crippen molar-refractivity contribution in [3.63, 3.8) is 0 Å². The number of nitrogens with zero attached hydrogens (tertiary/aromatic N) is 4. The van der Waals surface area contributed by atoms with Gasteiger partial charge in [-0.2, -0.15) is 4.98 Å². The molecule has 27 heavy (non-hydrogen) atoms. The summed E-state index contributed by atoms with van der Waals surface area (Å²) in [6, 6.07) is 9.05. The summed E-state index contributed by atoms with van der Waals surface area (Å²) in [5, 5.41) is 2.86. The van der Waals surface area contributed by atoms with Crippen molar-refractivity contribution in [1.29, 1.82) is 0 Å². The van der Waals surface area contributed by atoms with Gasteiger partial charge in [0, 0.05) is 17.9 Å². The van der Waals surface area contributed by atoms with Crippen molar-refractivity contribution in [1.82, 2.24) is 19.1 Å². The van der Waals surface area contributed by atoms with Gasteiger partial charge in [-0.05, 0) is 50.6 Å². The van der Waals surface area contributed by atoms with Crippen LogP contribution < -0.4 is 16.7 Å². The first-order valence-corrected chi connectivity index (χ1v) is 8.52. The van der Waals surface area contributed by atoms with E-state index in [9.17, 15) is 14.0 Å². The number of aryl methyl sites for hydroxylation is 1. The second-order valence-corrected chi connectivity index (χ2v) is 6.51. The van der Waals surface area contributed by atoms with Crippen LogP contribution in [0.1, 0.15) is 31.1 Å². The highest BCUT2D eigenvalue weighted by molar-refractivity contribution is 5.53. The third kappa shape index (κ3) is 4.11. The van der Waals surface area contributed by atoms with Gasteiger partial charge < -0.3 is 5.32 Å². The molecule has 8 heteroatoms. The zero-order chi connectivity index (χ0) is 19.6. The molecule has 0 saturated heterocycles. The zero-order valence-corrected chi connectivity index (χ0v) is 15.3. The van der Waals surface area contributed by atoms with Crippen LogP contribution in [0.2, 0.25) is 0 Å². The van der Waals surface area contributed by atoms with E-state index < -0.39 is 17.2 Å². The maximum atomic E-state index is 13.5. The van der Waals surface area contributed by atoms with Gasteiger partial charge in [0.1, 0.15) is 5.82 Å². The van der Waals surface area contributed by atoms with Crippen molar-refractivity contribution in [2.24, 2.45) is 0 Å². The van der Waals surface area contributed by atoms with Crippen LogP contribution in [-0.4, -0.2) is 19.1 Å². The van der Waals surface area contributed by atoms with Crippen molar-refractivity contribution < 1.29 is 4.39 Å². The van der Waals surface area contributed by atoms with E-state index in [1.807, 2.05) is 13.0 Å². The predicted molar refractivity (Wildman–Crippen MR) is 101 cm³/mol. The molecule has 3 aromatic rings. The fourth-order valence-corrected chi connectivity index (χ4v) is 2.64. The molecule has 0 radical (unpaired) electrons. The highest BCUT2D eigenvalue weighted by atomic mass is 19.1. The second-order valence-electron chi connectivity index (χ2n) is 6.51. The van der Waals surface area contributed by atoms with Gasteiger partial charge in [0.15, 0.2) is 0 Å². The first-order valence-electron chi connectivity index (χ1n) is 8.52. The van der Waals surface area contributed by atoms with Crippen molar-refractivity contribution in [2.45, 2.75) is 33.4 Å². The molecule has 1 aromatic carbocycles. The van der Waals surface area contributed by atoms with E-state index in [2.05, 4.69) is 15.3 Å². The quantitative estimate of drug-likeness (QED) is 0.748. The SMILES string of the molecule is Cc1ccc(Cn2c(Nc3cccc(F)c3)nc(=O)n(C(C)C)c2=O)nc1. The average molecular weight is 369 g/mol. The van der Waals surface area contributed by atoms with Crippen LogP contribution >= 0.6 is 0 Å². The van der Waals surface area contributed by atoms with Gasteiger partial charge in [-0.15, -0.1) is 0 Å².